The predicted octanol–water partition coefficient (Wildman–Crippen LogP) is 2.61. The summed E-state index contributed by atoms with van der Waals surface area (Å²) in [4.78, 5) is 0. The van der Waals surface area contributed by atoms with Crippen LogP contribution in [0.5, 0.6) is 0 Å². The Bertz CT molecular complexity index is 294. The van der Waals surface area contributed by atoms with Crippen molar-refractivity contribution in [2.75, 3.05) is 6.61 Å². The van der Waals surface area contributed by atoms with Gasteiger partial charge in [-0.2, -0.15) is 0 Å². The molecule has 0 aromatic carbocycles. The van der Waals surface area contributed by atoms with Crippen LogP contribution < -0.4 is 5.73 Å². The quantitative estimate of drug-likeness (QED) is 0.889. The molecule has 78 valence electrons. The van der Waals surface area contributed by atoms with Crippen molar-refractivity contribution in [1.29, 1.82) is 0 Å². The van der Waals surface area contributed by atoms with Crippen LogP contribution in [0, 0.1) is 0 Å². The van der Waals surface area contributed by atoms with Crippen LogP contribution in [0.2, 0.25) is 0 Å². The van der Waals surface area contributed by atoms with Gasteiger partial charge >= 0.3 is 0 Å². The summed E-state index contributed by atoms with van der Waals surface area (Å²) in [6.07, 6.45) is 3.48. The molecule has 0 spiro atoms. The molecule has 2 heterocycles. The van der Waals surface area contributed by atoms with Crippen molar-refractivity contribution in [2.45, 2.75) is 31.4 Å². The number of hydrogen-bond acceptors (Lipinski definition) is 3. The van der Waals surface area contributed by atoms with Gasteiger partial charge in [-0.05, 0) is 47.3 Å². The average molecular weight is 260 g/mol. The lowest BCUT2D eigenvalue weighted by atomic mass is 10.0. The molecule has 14 heavy (non-hydrogen) atoms. The molecule has 2 unspecified atom stereocenters. The third-order valence-corrected chi connectivity index (χ3v) is 2.96. The summed E-state index contributed by atoms with van der Waals surface area (Å²) in [6.45, 7) is 0.820. The van der Waals surface area contributed by atoms with E-state index in [9.17, 15) is 0 Å². The second-order valence-electron chi connectivity index (χ2n) is 3.57. The first-order valence-electron chi connectivity index (χ1n) is 4.90. The van der Waals surface area contributed by atoms with Gasteiger partial charge in [-0.15, -0.1) is 0 Å². The minimum Gasteiger partial charge on any atom is -0.453 e. The van der Waals surface area contributed by atoms with E-state index in [0.29, 0.717) is 0 Å². The highest BCUT2D eigenvalue weighted by Crippen LogP contribution is 2.27. The normalized spacial score (nSPS) is 24.9. The monoisotopic (exact) mass is 259 g/mol. The van der Waals surface area contributed by atoms with Crippen LogP contribution in [0.3, 0.4) is 0 Å². The van der Waals surface area contributed by atoms with Crippen molar-refractivity contribution in [2.24, 2.45) is 5.73 Å². The Hall–Kier alpha value is -0.320. The number of nitrogens with two attached hydrogens (primary N) is 1. The van der Waals surface area contributed by atoms with E-state index < -0.39 is 0 Å². The van der Waals surface area contributed by atoms with Gasteiger partial charge in [0.2, 0.25) is 0 Å². The van der Waals surface area contributed by atoms with Crippen LogP contribution in [0.15, 0.2) is 21.2 Å². The summed E-state index contributed by atoms with van der Waals surface area (Å²) in [5.41, 5.74) is 6.04. The third kappa shape index (κ3) is 2.19. The topological polar surface area (TPSA) is 48.4 Å². The fraction of sp³-hybridized carbons (Fsp3) is 0.600. The molecular formula is C10H14BrNO2. The fourth-order valence-corrected chi connectivity index (χ4v) is 2.06. The van der Waals surface area contributed by atoms with Crippen LogP contribution in [0.25, 0.3) is 0 Å². The zero-order chi connectivity index (χ0) is 9.97. The summed E-state index contributed by atoms with van der Waals surface area (Å²) in [5.74, 6) is 0.795. The molecule has 1 aliphatic heterocycles. The van der Waals surface area contributed by atoms with Crippen molar-refractivity contribution in [3.63, 3.8) is 0 Å². The maximum absolute atomic E-state index is 6.04. The molecule has 2 N–H and O–H groups in total. The van der Waals surface area contributed by atoms with E-state index in [0.717, 1.165) is 29.9 Å². The Balaban J connectivity index is 2.03. The van der Waals surface area contributed by atoms with Crippen LogP contribution in [0.4, 0.5) is 0 Å². The number of ether oxygens (including phenoxy) is 1. The predicted molar refractivity (Wildman–Crippen MR) is 56.9 cm³/mol. The lowest BCUT2D eigenvalue weighted by Gasteiger charge is -2.26. The van der Waals surface area contributed by atoms with Gasteiger partial charge in [-0.1, -0.05) is 0 Å². The zero-order valence-electron chi connectivity index (χ0n) is 7.91. The Labute approximate surface area is 91.7 Å². The number of hydrogen-bond donors (Lipinski definition) is 1. The first-order valence-corrected chi connectivity index (χ1v) is 5.69. The van der Waals surface area contributed by atoms with E-state index in [1.807, 2.05) is 12.1 Å². The van der Waals surface area contributed by atoms with Crippen LogP contribution in [-0.2, 0) is 4.74 Å². The Kier molecular flexibility index (Phi) is 3.26. The van der Waals surface area contributed by atoms with Crippen molar-refractivity contribution in [3.8, 4) is 0 Å². The average Bonchev–Trinajstić information content (AvgIpc) is 2.65. The van der Waals surface area contributed by atoms with E-state index in [1.165, 1.54) is 6.42 Å². The molecule has 1 saturated heterocycles. The lowest BCUT2D eigenvalue weighted by molar-refractivity contribution is -0.00404. The van der Waals surface area contributed by atoms with Crippen molar-refractivity contribution in [1.82, 2.24) is 0 Å². The Morgan fingerprint density at radius 2 is 2.29 bits per heavy atom. The van der Waals surface area contributed by atoms with Gasteiger partial charge in [-0.25, -0.2) is 0 Å². The molecule has 4 heteroatoms. The van der Waals surface area contributed by atoms with Crippen molar-refractivity contribution < 1.29 is 9.15 Å². The largest absolute Gasteiger partial charge is 0.453 e. The van der Waals surface area contributed by atoms with Gasteiger partial charge in [0, 0.05) is 6.61 Å². The van der Waals surface area contributed by atoms with Crippen LogP contribution in [0.1, 0.15) is 31.1 Å². The van der Waals surface area contributed by atoms with Crippen molar-refractivity contribution in [3.05, 3.63) is 22.6 Å². The third-order valence-electron chi connectivity index (χ3n) is 2.54. The van der Waals surface area contributed by atoms with Gasteiger partial charge in [0.05, 0.1) is 12.1 Å². The first kappa shape index (κ1) is 10.2. The van der Waals surface area contributed by atoms with Crippen LogP contribution in [-0.4, -0.2) is 12.7 Å². The fourth-order valence-electron chi connectivity index (χ4n) is 1.74. The maximum atomic E-state index is 6.04. The van der Waals surface area contributed by atoms with E-state index in [2.05, 4.69) is 15.9 Å². The molecule has 0 radical (unpaired) electrons. The van der Waals surface area contributed by atoms with E-state index in [4.69, 9.17) is 14.9 Å². The summed E-state index contributed by atoms with van der Waals surface area (Å²) >= 11 is 3.26. The smallest absolute Gasteiger partial charge is 0.169 e. The molecule has 0 amide bonds. The van der Waals surface area contributed by atoms with Gasteiger partial charge in [-0.3, -0.25) is 0 Å². The van der Waals surface area contributed by atoms with Gasteiger partial charge in [0.25, 0.3) is 0 Å². The van der Waals surface area contributed by atoms with Gasteiger partial charge in [0.1, 0.15) is 5.76 Å². The van der Waals surface area contributed by atoms with Crippen LogP contribution >= 0.6 is 15.9 Å². The summed E-state index contributed by atoms with van der Waals surface area (Å²) in [6, 6.07) is 3.62. The second kappa shape index (κ2) is 4.47. The minimum absolute atomic E-state index is 0.113. The Morgan fingerprint density at radius 3 is 2.86 bits per heavy atom. The standard InChI is InChI=1S/C10H14BrNO2/c11-9-5-4-8(14-9)10(12)7-3-1-2-6-13-7/h4-5,7,10H,1-3,6,12H2. The van der Waals surface area contributed by atoms with E-state index in [-0.39, 0.29) is 12.1 Å². The molecule has 0 saturated carbocycles. The summed E-state index contributed by atoms with van der Waals surface area (Å²) < 4.78 is 11.7. The lowest BCUT2D eigenvalue weighted by Crippen LogP contribution is -2.31. The molecular weight excluding hydrogens is 246 g/mol. The van der Waals surface area contributed by atoms with E-state index in [1.54, 1.807) is 0 Å². The molecule has 0 bridgehead atoms. The SMILES string of the molecule is NC(c1ccc(Br)o1)C1CCCCO1. The Morgan fingerprint density at radius 1 is 1.43 bits per heavy atom. The summed E-state index contributed by atoms with van der Waals surface area (Å²) in [7, 11) is 0. The van der Waals surface area contributed by atoms with E-state index >= 15 is 0 Å². The number of rotatable bonds is 2. The molecule has 2 rings (SSSR count). The highest BCUT2D eigenvalue weighted by molar-refractivity contribution is 9.10. The minimum atomic E-state index is -0.137. The van der Waals surface area contributed by atoms with Crippen molar-refractivity contribution >= 4 is 15.9 Å². The van der Waals surface area contributed by atoms with Gasteiger partial charge < -0.3 is 14.9 Å². The molecule has 1 aromatic heterocycles. The number of furan rings is 1. The molecule has 1 fully saturated rings. The summed E-state index contributed by atoms with van der Waals surface area (Å²) in [5, 5.41) is 0. The number of halogens is 1. The first-order chi connectivity index (χ1) is 6.77. The molecule has 2 atom stereocenters. The highest BCUT2D eigenvalue weighted by Gasteiger charge is 2.24. The zero-order valence-corrected chi connectivity index (χ0v) is 9.50. The van der Waals surface area contributed by atoms with Gasteiger partial charge in [0.15, 0.2) is 4.67 Å². The highest BCUT2D eigenvalue weighted by atomic mass is 79.9. The molecule has 1 aromatic rings. The molecule has 1 aliphatic rings. The second-order valence-corrected chi connectivity index (χ2v) is 4.35. The molecule has 0 aliphatic carbocycles. The maximum Gasteiger partial charge on any atom is 0.169 e. The molecule has 3 nitrogen and oxygen atoms in total.